The summed E-state index contributed by atoms with van der Waals surface area (Å²) < 4.78 is 25.4. The Bertz CT molecular complexity index is 1080. The summed E-state index contributed by atoms with van der Waals surface area (Å²) in [5, 5.41) is -0.662. The molecule has 4 heteroatoms. The van der Waals surface area contributed by atoms with Crippen molar-refractivity contribution in [3.8, 4) is 11.5 Å². The fourth-order valence-corrected chi connectivity index (χ4v) is 5.87. The Labute approximate surface area is 192 Å². The van der Waals surface area contributed by atoms with Crippen molar-refractivity contribution in [3.05, 3.63) is 131 Å². The summed E-state index contributed by atoms with van der Waals surface area (Å²) in [6.07, 6.45) is 0. The van der Waals surface area contributed by atoms with Crippen LogP contribution in [0.3, 0.4) is 0 Å². The first-order chi connectivity index (χ1) is 15.7. The van der Waals surface area contributed by atoms with Gasteiger partial charge in [0.1, 0.15) is 11.5 Å². The van der Waals surface area contributed by atoms with Gasteiger partial charge in [0.05, 0.1) is 24.7 Å². The third kappa shape index (κ3) is 4.76. The van der Waals surface area contributed by atoms with Crippen molar-refractivity contribution in [3.63, 3.8) is 0 Å². The topological polar surface area (TPSA) is 35.5 Å². The Morgan fingerprint density at radius 2 is 0.906 bits per heavy atom. The highest BCUT2D eigenvalue weighted by molar-refractivity contribution is 7.86. The molecule has 0 fully saturated rings. The third-order valence-corrected chi connectivity index (χ3v) is 7.48. The Kier molecular flexibility index (Phi) is 7.03. The van der Waals surface area contributed by atoms with Crippen LogP contribution in [0.15, 0.2) is 109 Å². The van der Waals surface area contributed by atoms with Crippen LogP contribution in [0.1, 0.15) is 32.8 Å². The smallest absolute Gasteiger partial charge is 0.119 e. The van der Waals surface area contributed by atoms with Crippen LogP contribution in [0.4, 0.5) is 0 Å². The summed E-state index contributed by atoms with van der Waals surface area (Å²) in [5.74, 6) is 1.50. The van der Waals surface area contributed by atoms with E-state index in [-0.39, 0.29) is 10.5 Å². The second kappa shape index (κ2) is 10.3. The molecule has 162 valence electrons. The fourth-order valence-electron chi connectivity index (χ4n) is 3.92. The van der Waals surface area contributed by atoms with Gasteiger partial charge in [0.15, 0.2) is 0 Å². The van der Waals surface area contributed by atoms with Crippen molar-refractivity contribution in [2.45, 2.75) is 10.5 Å². The number of ether oxygens (including phenoxy) is 2. The van der Waals surface area contributed by atoms with Crippen molar-refractivity contribution in [2.75, 3.05) is 14.2 Å². The van der Waals surface area contributed by atoms with Gasteiger partial charge in [-0.05, 0) is 46.5 Å². The molecule has 0 N–H and O–H groups in total. The summed E-state index contributed by atoms with van der Waals surface area (Å²) in [4.78, 5) is 0. The lowest BCUT2D eigenvalue weighted by Crippen LogP contribution is -2.17. The molecule has 0 heterocycles. The van der Waals surface area contributed by atoms with E-state index in [1.807, 2.05) is 109 Å². The fraction of sp³-hybridized carbons (Fsp3) is 0.143. The highest BCUT2D eigenvalue weighted by Gasteiger charge is 2.31. The average Bonchev–Trinajstić information content (AvgIpc) is 2.86. The van der Waals surface area contributed by atoms with E-state index >= 15 is 0 Å². The summed E-state index contributed by atoms with van der Waals surface area (Å²) in [5.41, 5.74) is 3.92. The minimum absolute atomic E-state index is 0.331. The van der Waals surface area contributed by atoms with Crippen molar-refractivity contribution in [1.29, 1.82) is 0 Å². The van der Waals surface area contributed by atoms with Crippen LogP contribution < -0.4 is 9.47 Å². The van der Waals surface area contributed by atoms with Crippen molar-refractivity contribution < 1.29 is 13.7 Å². The number of methoxy groups -OCH3 is 2. The third-order valence-electron chi connectivity index (χ3n) is 5.46. The van der Waals surface area contributed by atoms with Crippen LogP contribution in [0.25, 0.3) is 0 Å². The van der Waals surface area contributed by atoms with Gasteiger partial charge in [-0.3, -0.25) is 4.21 Å². The number of benzene rings is 4. The van der Waals surface area contributed by atoms with Crippen LogP contribution in [0.2, 0.25) is 0 Å². The van der Waals surface area contributed by atoms with E-state index in [2.05, 4.69) is 0 Å². The molecule has 2 unspecified atom stereocenters. The zero-order valence-electron chi connectivity index (χ0n) is 18.2. The molecule has 0 radical (unpaired) electrons. The molecule has 0 bridgehead atoms. The standard InChI is InChI=1S/C28H26O3S/c1-30-25-17-9-15-23(19-25)27(21-11-5-3-6-12-21)32(29)28(22-13-7-4-8-14-22)24-16-10-18-26(20-24)31-2/h3-20,27-28H,1-2H3. The van der Waals surface area contributed by atoms with Gasteiger partial charge < -0.3 is 9.47 Å². The Morgan fingerprint density at radius 1 is 0.531 bits per heavy atom. The van der Waals surface area contributed by atoms with Gasteiger partial charge in [0.2, 0.25) is 0 Å². The van der Waals surface area contributed by atoms with Gasteiger partial charge >= 0.3 is 0 Å². The molecule has 0 aliphatic carbocycles. The largest absolute Gasteiger partial charge is 0.497 e. The molecule has 3 nitrogen and oxygen atoms in total. The van der Waals surface area contributed by atoms with Crippen molar-refractivity contribution in [1.82, 2.24) is 0 Å². The first-order valence-corrected chi connectivity index (χ1v) is 11.8. The maximum Gasteiger partial charge on any atom is 0.119 e. The second-order valence-corrected chi connectivity index (χ2v) is 9.06. The second-order valence-electron chi connectivity index (χ2n) is 7.46. The first kappa shape index (κ1) is 21.8. The van der Waals surface area contributed by atoms with Gasteiger partial charge in [0.25, 0.3) is 0 Å². The lowest BCUT2D eigenvalue weighted by Gasteiger charge is -2.26. The van der Waals surface area contributed by atoms with Gasteiger partial charge in [-0.25, -0.2) is 0 Å². The molecule has 0 aromatic heterocycles. The van der Waals surface area contributed by atoms with Crippen molar-refractivity contribution >= 4 is 10.8 Å². The van der Waals surface area contributed by atoms with Crippen LogP contribution in [-0.2, 0) is 10.8 Å². The molecule has 0 saturated heterocycles. The number of hydrogen-bond donors (Lipinski definition) is 0. The molecular weight excluding hydrogens is 416 g/mol. The summed E-state index contributed by atoms with van der Waals surface area (Å²) >= 11 is 0. The number of rotatable bonds is 8. The monoisotopic (exact) mass is 442 g/mol. The summed E-state index contributed by atoms with van der Waals surface area (Å²) in [7, 11) is 1.97. The Balaban J connectivity index is 1.88. The van der Waals surface area contributed by atoms with Gasteiger partial charge in [0, 0.05) is 10.8 Å². The molecule has 0 aliphatic heterocycles. The normalized spacial score (nSPS) is 13.7. The SMILES string of the molecule is COc1cccc(C(c2ccccc2)S(=O)C(c2ccccc2)c2cccc(OC)c2)c1. The zero-order valence-corrected chi connectivity index (χ0v) is 19.0. The average molecular weight is 443 g/mol. The van der Waals surface area contributed by atoms with E-state index in [1.54, 1.807) is 14.2 Å². The van der Waals surface area contributed by atoms with Gasteiger partial charge in [-0.15, -0.1) is 0 Å². The van der Waals surface area contributed by atoms with Crippen LogP contribution in [0.5, 0.6) is 11.5 Å². The van der Waals surface area contributed by atoms with Crippen molar-refractivity contribution in [2.24, 2.45) is 0 Å². The molecule has 4 aromatic carbocycles. The van der Waals surface area contributed by atoms with E-state index in [0.29, 0.717) is 0 Å². The quantitative estimate of drug-likeness (QED) is 0.320. The van der Waals surface area contributed by atoms with E-state index in [9.17, 15) is 4.21 Å². The van der Waals surface area contributed by atoms with Crippen LogP contribution >= 0.6 is 0 Å². The van der Waals surface area contributed by atoms with E-state index in [4.69, 9.17) is 9.47 Å². The Morgan fingerprint density at radius 3 is 1.28 bits per heavy atom. The van der Waals surface area contributed by atoms with Crippen LogP contribution in [0, 0.1) is 0 Å². The molecule has 0 spiro atoms. The molecule has 4 rings (SSSR count). The minimum Gasteiger partial charge on any atom is -0.497 e. The molecular formula is C28H26O3S. The van der Waals surface area contributed by atoms with Crippen LogP contribution in [-0.4, -0.2) is 18.4 Å². The first-order valence-electron chi connectivity index (χ1n) is 10.5. The molecule has 2 atom stereocenters. The summed E-state index contributed by atoms with van der Waals surface area (Å²) in [6.45, 7) is 0. The lowest BCUT2D eigenvalue weighted by atomic mass is 10.0. The molecule has 0 amide bonds. The predicted molar refractivity (Wildman–Crippen MR) is 131 cm³/mol. The van der Waals surface area contributed by atoms with E-state index in [1.165, 1.54) is 0 Å². The molecule has 4 aromatic rings. The van der Waals surface area contributed by atoms with E-state index < -0.39 is 10.8 Å². The molecule has 0 aliphatic rings. The van der Waals surface area contributed by atoms with Gasteiger partial charge in [-0.1, -0.05) is 84.9 Å². The highest BCUT2D eigenvalue weighted by atomic mass is 32.2. The predicted octanol–water partition coefficient (Wildman–Crippen LogP) is 6.33. The molecule has 32 heavy (non-hydrogen) atoms. The summed E-state index contributed by atoms with van der Waals surface area (Å²) in [6, 6.07) is 35.8. The highest BCUT2D eigenvalue weighted by Crippen LogP contribution is 2.40. The van der Waals surface area contributed by atoms with Gasteiger partial charge in [-0.2, -0.15) is 0 Å². The maximum absolute atomic E-state index is 14.5. The minimum atomic E-state index is -1.33. The number of hydrogen-bond acceptors (Lipinski definition) is 3. The maximum atomic E-state index is 14.5. The molecule has 0 saturated carbocycles. The zero-order chi connectivity index (χ0) is 22.3. The Hall–Kier alpha value is -3.37. The lowest BCUT2D eigenvalue weighted by molar-refractivity contribution is 0.414. The van der Waals surface area contributed by atoms with E-state index in [0.717, 1.165) is 33.8 Å².